The number of hydrogen-bond donors (Lipinski definition) is 6. The molecule has 0 aliphatic carbocycles. The highest BCUT2D eigenvalue weighted by Gasteiger charge is 2.47. The van der Waals surface area contributed by atoms with Gasteiger partial charge in [-0.25, -0.2) is 0 Å². The minimum Gasteiger partial charge on any atom is -0.454 e. The maximum absolute atomic E-state index is 13.3. The van der Waals surface area contributed by atoms with Gasteiger partial charge in [0.15, 0.2) is 12.4 Å². The molecule has 11 heteroatoms. The highest BCUT2D eigenvalue weighted by atomic mass is 16.7. The Morgan fingerprint density at radius 1 is 0.513 bits per heavy atom. The van der Waals surface area contributed by atoms with E-state index in [0.717, 1.165) is 103 Å². The van der Waals surface area contributed by atoms with Crippen molar-refractivity contribution in [1.82, 2.24) is 5.32 Å². The van der Waals surface area contributed by atoms with E-state index >= 15 is 0 Å². The van der Waals surface area contributed by atoms with Gasteiger partial charge in [-0.05, 0) is 89.9 Å². The number of carbonyl (C=O) groups is 2. The van der Waals surface area contributed by atoms with Gasteiger partial charge in [0.1, 0.15) is 24.4 Å². The maximum atomic E-state index is 13.3. The lowest BCUT2D eigenvalue weighted by Gasteiger charge is -2.41. The Labute approximate surface area is 464 Å². The molecule has 8 atom stereocenters. The Kier molecular flexibility index (Phi) is 49.4. The van der Waals surface area contributed by atoms with Crippen molar-refractivity contribution < 1.29 is 49.3 Å². The Morgan fingerprint density at radius 2 is 0.921 bits per heavy atom. The molecule has 0 aromatic heterocycles. The SMILES string of the molecule is CCCC/C=C\CCCCCCC(O)C(=O)NC(COC1OC(CO)C(O)C(O)C1OC(=O)CCCCCCCCCCC/C=C\C/C=C\C/C=C\C/C=C\CCCCC)C(O)/C=C/CCCCCCCCCCCC. The molecule has 1 heterocycles. The summed E-state index contributed by atoms with van der Waals surface area (Å²) in [7, 11) is 0. The van der Waals surface area contributed by atoms with Crippen molar-refractivity contribution in [3.8, 4) is 0 Å². The fraction of sp³-hybridized carbons (Fsp3) is 0.785. The Bertz CT molecular complexity index is 1510. The van der Waals surface area contributed by atoms with Crippen LogP contribution in [-0.2, 0) is 23.8 Å². The Balaban J connectivity index is 2.60. The highest BCUT2D eigenvalue weighted by molar-refractivity contribution is 5.80. The lowest BCUT2D eigenvalue weighted by Crippen LogP contribution is -2.61. The summed E-state index contributed by atoms with van der Waals surface area (Å²) < 4.78 is 17.6. The molecule has 1 rings (SSSR count). The lowest BCUT2D eigenvalue weighted by atomic mass is 9.99. The number of aliphatic hydroxyl groups excluding tert-OH is 5. The van der Waals surface area contributed by atoms with Crippen LogP contribution in [0.15, 0.2) is 72.9 Å². The van der Waals surface area contributed by atoms with E-state index in [4.69, 9.17) is 14.2 Å². The fourth-order valence-corrected chi connectivity index (χ4v) is 9.32. The van der Waals surface area contributed by atoms with Crippen molar-refractivity contribution in [2.24, 2.45) is 0 Å². The predicted molar refractivity (Wildman–Crippen MR) is 315 cm³/mol. The van der Waals surface area contributed by atoms with Gasteiger partial charge in [-0.3, -0.25) is 9.59 Å². The summed E-state index contributed by atoms with van der Waals surface area (Å²) in [5.41, 5.74) is 0. The Hall–Kier alpha value is -2.90. The summed E-state index contributed by atoms with van der Waals surface area (Å²) in [6, 6.07) is -1.03. The minimum atomic E-state index is -1.62. The molecule has 0 radical (unpaired) electrons. The van der Waals surface area contributed by atoms with Crippen LogP contribution in [0.3, 0.4) is 0 Å². The number of aliphatic hydroxyl groups is 5. The number of ether oxygens (including phenoxy) is 3. The van der Waals surface area contributed by atoms with Crippen LogP contribution in [0.5, 0.6) is 0 Å². The normalized spacial score (nSPS) is 19.6. The molecule has 0 spiro atoms. The zero-order chi connectivity index (χ0) is 55.4. The number of hydrogen-bond acceptors (Lipinski definition) is 10. The van der Waals surface area contributed by atoms with Crippen molar-refractivity contribution in [2.75, 3.05) is 13.2 Å². The number of nitrogens with one attached hydrogen (secondary N) is 1. The van der Waals surface area contributed by atoms with Crippen LogP contribution >= 0.6 is 0 Å². The van der Waals surface area contributed by atoms with Gasteiger partial charge in [0, 0.05) is 6.42 Å². The molecule has 6 N–H and O–H groups in total. The number of esters is 1. The third kappa shape index (κ3) is 40.3. The van der Waals surface area contributed by atoms with E-state index in [-0.39, 0.29) is 19.4 Å². The lowest BCUT2D eigenvalue weighted by molar-refractivity contribution is -0.305. The smallest absolute Gasteiger partial charge is 0.306 e. The van der Waals surface area contributed by atoms with Crippen molar-refractivity contribution in [3.63, 3.8) is 0 Å². The minimum absolute atomic E-state index is 0.113. The molecule has 0 saturated carbocycles. The number of allylic oxidation sites excluding steroid dienone is 11. The molecule has 11 nitrogen and oxygen atoms in total. The van der Waals surface area contributed by atoms with E-state index in [9.17, 15) is 35.1 Å². The fourth-order valence-electron chi connectivity index (χ4n) is 9.32. The largest absolute Gasteiger partial charge is 0.454 e. The molecule has 0 aromatic carbocycles. The second-order valence-electron chi connectivity index (χ2n) is 21.4. The summed E-state index contributed by atoms with van der Waals surface area (Å²) in [4.78, 5) is 26.5. The van der Waals surface area contributed by atoms with E-state index in [1.165, 1.54) is 116 Å². The van der Waals surface area contributed by atoms with E-state index in [1.54, 1.807) is 6.08 Å². The molecule has 1 aliphatic rings. The van der Waals surface area contributed by atoms with Crippen molar-refractivity contribution in [1.29, 1.82) is 0 Å². The van der Waals surface area contributed by atoms with Gasteiger partial charge in [-0.1, -0.05) is 241 Å². The monoisotopic (exact) mass is 1070 g/mol. The quantitative estimate of drug-likeness (QED) is 0.0195. The van der Waals surface area contributed by atoms with Crippen LogP contribution in [-0.4, -0.2) is 99.6 Å². The average molecular weight is 1070 g/mol. The molecule has 1 fully saturated rings. The van der Waals surface area contributed by atoms with Crippen LogP contribution in [0, 0.1) is 0 Å². The summed E-state index contributed by atoms with van der Waals surface area (Å²) in [5, 5.41) is 56.8. The number of unbranched alkanes of at least 4 members (excludes halogenated alkanes) is 28. The summed E-state index contributed by atoms with van der Waals surface area (Å²) in [6.07, 6.45) is 56.6. The topological polar surface area (TPSA) is 175 Å². The van der Waals surface area contributed by atoms with Crippen LogP contribution in [0.1, 0.15) is 265 Å². The summed E-state index contributed by atoms with van der Waals surface area (Å²) in [5.74, 6) is -1.21. The first-order valence-corrected chi connectivity index (χ1v) is 31.2. The van der Waals surface area contributed by atoms with Gasteiger partial charge in [0.25, 0.3) is 0 Å². The standard InChI is InChI=1S/C65H115NO10/c1-4-7-10-13-16-19-22-24-25-26-27-28-29-30-31-32-33-34-35-36-38-41-44-47-50-53-60(70)76-63-62(72)61(71)59(54-67)75-65(63)74-55-56(57(68)51-48-45-42-40-37-23-20-17-14-11-8-5-2)66-64(73)58(69)52-49-46-43-39-21-18-15-12-9-6-3/h15-16,18-19,24-25,27-28,30-31,48,51,56-59,61-63,65,67-69,71-72H,4-14,17,20-23,26,29,32-47,49-50,52-55H2,1-3H3,(H,66,73)/b18-15-,19-16-,25-24-,28-27-,31-30-,51-48+. The van der Waals surface area contributed by atoms with Crippen LogP contribution in [0.4, 0.5) is 0 Å². The Morgan fingerprint density at radius 3 is 1.43 bits per heavy atom. The van der Waals surface area contributed by atoms with Crippen molar-refractivity contribution in [2.45, 2.75) is 314 Å². The molecule has 8 unspecified atom stereocenters. The summed E-state index contributed by atoms with van der Waals surface area (Å²) in [6.45, 7) is 5.70. The predicted octanol–water partition coefficient (Wildman–Crippen LogP) is 14.8. The zero-order valence-electron chi connectivity index (χ0n) is 48.6. The first kappa shape index (κ1) is 71.1. The number of amides is 1. The van der Waals surface area contributed by atoms with E-state index < -0.39 is 67.4 Å². The molecule has 1 saturated heterocycles. The molecular formula is C65H115NO10. The highest BCUT2D eigenvalue weighted by Crippen LogP contribution is 2.26. The molecule has 1 amide bonds. The van der Waals surface area contributed by atoms with Crippen molar-refractivity contribution in [3.05, 3.63) is 72.9 Å². The van der Waals surface area contributed by atoms with Gasteiger partial charge in [-0.2, -0.15) is 0 Å². The number of rotatable bonds is 52. The molecule has 0 bridgehead atoms. The third-order valence-electron chi connectivity index (χ3n) is 14.3. The maximum Gasteiger partial charge on any atom is 0.306 e. The zero-order valence-corrected chi connectivity index (χ0v) is 48.6. The number of carbonyl (C=O) groups excluding carboxylic acids is 2. The molecule has 76 heavy (non-hydrogen) atoms. The van der Waals surface area contributed by atoms with E-state index in [1.807, 2.05) is 6.08 Å². The van der Waals surface area contributed by atoms with Gasteiger partial charge >= 0.3 is 5.97 Å². The molecule has 440 valence electrons. The molecule has 0 aromatic rings. The third-order valence-corrected chi connectivity index (χ3v) is 14.3. The van der Waals surface area contributed by atoms with Crippen LogP contribution in [0.2, 0.25) is 0 Å². The van der Waals surface area contributed by atoms with Crippen LogP contribution < -0.4 is 5.32 Å². The van der Waals surface area contributed by atoms with E-state index in [0.29, 0.717) is 12.8 Å². The van der Waals surface area contributed by atoms with Crippen molar-refractivity contribution >= 4 is 11.9 Å². The first-order chi connectivity index (χ1) is 37.2. The van der Waals surface area contributed by atoms with Crippen LogP contribution in [0.25, 0.3) is 0 Å². The molecular weight excluding hydrogens is 955 g/mol. The van der Waals surface area contributed by atoms with Gasteiger partial charge in [-0.15, -0.1) is 0 Å². The second-order valence-corrected chi connectivity index (χ2v) is 21.4. The summed E-state index contributed by atoms with van der Waals surface area (Å²) >= 11 is 0. The van der Waals surface area contributed by atoms with Gasteiger partial charge in [0.05, 0.1) is 25.4 Å². The first-order valence-electron chi connectivity index (χ1n) is 31.2. The van der Waals surface area contributed by atoms with Gasteiger partial charge < -0.3 is 45.1 Å². The molecule has 1 aliphatic heterocycles. The average Bonchev–Trinajstić information content (AvgIpc) is 3.42. The second kappa shape index (κ2) is 52.8. The van der Waals surface area contributed by atoms with Gasteiger partial charge in [0.2, 0.25) is 5.91 Å². The van der Waals surface area contributed by atoms with E-state index in [2.05, 4.69) is 86.8 Å².